The molecular weight excluding hydrogens is 252 g/mol. The molecule has 0 aliphatic heterocycles. The molecule has 20 heavy (non-hydrogen) atoms. The minimum Gasteiger partial charge on any atom is -0.478 e. The molecule has 0 radical (unpaired) electrons. The monoisotopic (exact) mass is 270 g/mol. The second-order valence-corrected chi connectivity index (χ2v) is 4.29. The standard InChI is InChI=1S/C15H18N4O/c1-3-20-14-6-4-5-13(18-14)19(2)12-9-7-11(8-10-12)15(16)17/h4-10H,3H2,1-2H3,(H3,16,17). The Morgan fingerprint density at radius 1 is 1.25 bits per heavy atom. The van der Waals surface area contributed by atoms with Gasteiger partial charge in [0.05, 0.1) is 6.61 Å². The summed E-state index contributed by atoms with van der Waals surface area (Å²) in [7, 11) is 1.93. The van der Waals surface area contributed by atoms with Crippen LogP contribution >= 0.6 is 0 Å². The van der Waals surface area contributed by atoms with Gasteiger partial charge in [-0.2, -0.15) is 4.98 Å². The van der Waals surface area contributed by atoms with Crippen molar-refractivity contribution in [2.45, 2.75) is 6.92 Å². The normalized spacial score (nSPS) is 10.1. The van der Waals surface area contributed by atoms with Gasteiger partial charge in [0.25, 0.3) is 0 Å². The minimum absolute atomic E-state index is 0.0654. The molecule has 1 aromatic heterocycles. The van der Waals surface area contributed by atoms with Crippen LogP contribution in [-0.4, -0.2) is 24.5 Å². The van der Waals surface area contributed by atoms with Crippen LogP contribution in [0.25, 0.3) is 0 Å². The highest BCUT2D eigenvalue weighted by Gasteiger charge is 2.07. The number of rotatable bonds is 5. The number of amidine groups is 1. The number of pyridine rings is 1. The summed E-state index contributed by atoms with van der Waals surface area (Å²) in [5, 5.41) is 7.39. The fourth-order valence-corrected chi connectivity index (χ4v) is 1.82. The van der Waals surface area contributed by atoms with Gasteiger partial charge in [-0.3, -0.25) is 5.41 Å². The van der Waals surface area contributed by atoms with Crippen molar-refractivity contribution in [1.82, 2.24) is 4.98 Å². The van der Waals surface area contributed by atoms with Gasteiger partial charge in [-0.25, -0.2) is 0 Å². The topological polar surface area (TPSA) is 75.2 Å². The summed E-state index contributed by atoms with van der Waals surface area (Å²) >= 11 is 0. The van der Waals surface area contributed by atoms with Crippen LogP contribution in [-0.2, 0) is 0 Å². The third kappa shape index (κ3) is 3.06. The van der Waals surface area contributed by atoms with E-state index in [0.29, 0.717) is 18.1 Å². The molecule has 104 valence electrons. The first-order valence-corrected chi connectivity index (χ1v) is 6.40. The van der Waals surface area contributed by atoms with E-state index < -0.39 is 0 Å². The molecule has 0 unspecified atom stereocenters. The summed E-state index contributed by atoms with van der Waals surface area (Å²) in [5.41, 5.74) is 7.12. The SMILES string of the molecule is CCOc1cccc(N(C)c2ccc(C(=N)N)cc2)n1. The second-order valence-electron chi connectivity index (χ2n) is 4.29. The van der Waals surface area contributed by atoms with E-state index in [0.717, 1.165) is 11.5 Å². The number of ether oxygens (including phenoxy) is 1. The van der Waals surface area contributed by atoms with E-state index in [1.54, 1.807) is 0 Å². The zero-order valence-electron chi connectivity index (χ0n) is 11.6. The molecule has 0 aliphatic carbocycles. The van der Waals surface area contributed by atoms with E-state index >= 15 is 0 Å². The summed E-state index contributed by atoms with van der Waals surface area (Å²) < 4.78 is 5.40. The fraction of sp³-hybridized carbons (Fsp3) is 0.200. The average molecular weight is 270 g/mol. The van der Waals surface area contributed by atoms with Gasteiger partial charge in [-0.1, -0.05) is 6.07 Å². The van der Waals surface area contributed by atoms with E-state index in [-0.39, 0.29) is 5.84 Å². The predicted octanol–water partition coefficient (Wildman–Crippen LogP) is 2.53. The zero-order valence-corrected chi connectivity index (χ0v) is 11.6. The van der Waals surface area contributed by atoms with E-state index in [2.05, 4.69) is 4.98 Å². The average Bonchev–Trinajstić information content (AvgIpc) is 2.47. The lowest BCUT2D eigenvalue weighted by atomic mass is 10.2. The Hall–Kier alpha value is -2.56. The molecule has 0 atom stereocenters. The van der Waals surface area contributed by atoms with Crippen LogP contribution in [0.5, 0.6) is 5.88 Å². The highest BCUT2D eigenvalue weighted by molar-refractivity contribution is 5.95. The van der Waals surface area contributed by atoms with Crippen LogP contribution in [0.15, 0.2) is 42.5 Å². The molecule has 2 rings (SSSR count). The molecule has 2 aromatic rings. The molecule has 0 aliphatic rings. The third-order valence-corrected chi connectivity index (χ3v) is 2.91. The van der Waals surface area contributed by atoms with Crippen LogP contribution in [0.4, 0.5) is 11.5 Å². The number of nitrogens with two attached hydrogens (primary N) is 1. The van der Waals surface area contributed by atoms with Crippen LogP contribution in [0.1, 0.15) is 12.5 Å². The smallest absolute Gasteiger partial charge is 0.215 e. The van der Waals surface area contributed by atoms with Crippen LogP contribution < -0.4 is 15.4 Å². The Balaban J connectivity index is 2.23. The maximum Gasteiger partial charge on any atom is 0.215 e. The number of hydrogen-bond donors (Lipinski definition) is 2. The lowest BCUT2D eigenvalue weighted by molar-refractivity contribution is 0.327. The molecule has 5 nitrogen and oxygen atoms in total. The largest absolute Gasteiger partial charge is 0.478 e. The van der Waals surface area contributed by atoms with E-state index in [4.69, 9.17) is 15.9 Å². The fourth-order valence-electron chi connectivity index (χ4n) is 1.82. The van der Waals surface area contributed by atoms with Crippen LogP contribution in [0, 0.1) is 5.41 Å². The summed E-state index contributed by atoms with van der Waals surface area (Å²) in [6.07, 6.45) is 0. The Kier molecular flexibility index (Phi) is 4.20. The minimum atomic E-state index is 0.0654. The molecule has 1 aromatic carbocycles. The number of hydrogen-bond acceptors (Lipinski definition) is 4. The molecule has 5 heteroatoms. The van der Waals surface area contributed by atoms with Gasteiger partial charge in [-0.05, 0) is 37.3 Å². The van der Waals surface area contributed by atoms with Crippen molar-refractivity contribution < 1.29 is 4.74 Å². The molecule has 0 spiro atoms. The van der Waals surface area contributed by atoms with Gasteiger partial charge >= 0.3 is 0 Å². The quantitative estimate of drug-likeness (QED) is 0.646. The van der Waals surface area contributed by atoms with Gasteiger partial charge in [0.2, 0.25) is 5.88 Å². The van der Waals surface area contributed by atoms with Crippen molar-refractivity contribution in [3.8, 4) is 5.88 Å². The zero-order chi connectivity index (χ0) is 14.5. The number of benzene rings is 1. The highest BCUT2D eigenvalue weighted by atomic mass is 16.5. The highest BCUT2D eigenvalue weighted by Crippen LogP contribution is 2.23. The molecule has 1 heterocycles. The molecule has 0 saturated carbocycles. The number of nitrogen functional groups attached to an aromatic ring is 1. The van der Waals surface area contributed by atoms with E-state index in [1.165, 1.54) is 0 Å². The van der Waals surface area contributed by atoms with Crippen molar-refractivity contribution in [3.63, 3.8) is 0 Å². The molecule has 3 N–H and O–H groups in total. The van der Waals surface area contributed by atoms with Crippen molar-refractivity contribution in [2.75, 3.05) is 18.6 Å². The Bertz CT molecular complexity index is 595. The molecule has 0 fully saturated rings. The van der Waals surface area contributed by atoms with Crippen molar-refractivity contribution in [3.05, 3.63) is 48.0 Å². The molecule has 0 bridgehead atoms. The van der Waals surface area contributed by atoms with Crippen LogP contribution in [0.2, 0.25) is 0 Å². The predicted molar refractivity (Wildman–Crippen MR) is 80.9 cm³/mol. The van der Waals surface area contributed by atoms with Gasteiger partial charge in [0, 0.05) is 24.4 Å². The maximum absolute atomic E-state index is 7.39. The van der Waals surface area contributed by atoms with Crippen LogP contribution in [0.3, 0.4) is 0 Å². The molecule has 0 saturated heterocycles. The van der Waals surface area contributed by atoms with Gasteiger partial charge < -0.3 is 15.4 Å². The summed E-state index contributed by atoms with van der Waals surface area (Å²) in [6.45, 7) is 2.52. The van der Waals surface area contributed by atoms with Crippen molar-refractivity contribution in [2.24, 2.45) is 5.73 Å². The third-order valence-electron chi connectivity index (χ3n) is 2.91. The Labute approximate surface area is 118 Å². The molecule has 0 amide bonds. The van der Waals surface area contributed by atoms with Crippen molar-refractivity contribution >= 4 is 17.3 Å². The number of nitrogens with zero attached hydrogens (tertiary/aromatic N) is 2. The second kappa shape index (κ2) is 6.06. The number of aromatic nitrogens is 1. The molecular formula is C15H18N4O. The Morgan fingerprint density at radius 3 is 2.55 bits per heavy atom. The van der Waals surface area contributed by atoms with Gasteiger partial charge in [0.1, 0.15) is 11.7 Å². The lowest BCUT2D eigenvalue weighted by Crippen LogP contribution is -2.13. The summed E-state index contributed by atoms with van der Waals surface area (Å²) in [5.74, 6) is 1.47. The van der Waals surface area contributed by atoms with Gasteiger partial charge in [0.15, 0.2) is 0 Å². The van der Waals surface area contributed by atoms with E-state index in [1.807, 2.05) is 61.3 Å². The first-order chi connectivity index (χ1) is 9.61. The lowest BCUT2D eigenvalue weighted by Gasteiger charge is -2.19. The maximum atomic E-state index is 7.39. The van der Waals surface area contributed by atoms with E-state index in [9.17, 15) is 0 Å². The van der Waals surface area contributed by atoms with Crippen molar-refractivity contribution in [1.29, 1.82) is 5.41 Å². The first-order valence-electron chi connectivity index (χ1n) is 6.40. The first kappa shape index (κ1) is 13.9. The number of anilines is 2. The summed E-state index contributed by atoms with van der Waals surface area (Å²) in [4.78, 5) is 6.38. The summed E-state index contributed by atoms with van der Waals surface area (Å²) in [6, 6.07) is 13.1. The van der Waals surface area contributed by atoms with Gasteiger partial charge in [-0.15, -0.1) is 0 Å². The Morgan fingerprint density at radius 2 is 1.95 bits per heavy atom. The number of nitrogens with one attached hydrogen (secondary N) is 1.